The summed E-state index contributed by atoms with van der Waals surface area (Å²) < 4.78 is 2.66. The Kier molecular flexibility index (Phi) is 5.39. The first-order chi connectivity index (χ1) is 19.8. The van der Waals surface area contributed by atoms with Crippen molar-refractivity contribution < 1.29 is 0 Å². The number of thiophene rings is 1. The Morgan fingerprint density at radius 2 is 1.07 bits per heavy atom. The number of nitrogens with zero attached hydrogens (tertiary/aromatic N) is 1. The molecule has 0 radical (unpaired) electrons. The lowest BCUT2D eigenvalue weighted by Gasteiger charge is -2.27. The van der Waals surface area contributed by atoms with Crippen molar-refractivity contribution in [1.29, 1.82) is 0 Å². The van der Waals surface area contributed by atoms with Gasteiger partial charge in [-0.05, 0) is 81.9 Å². The van der Waals surface area contributed by atoms with E-state index in [0.29, 0.717) is 0 Å². The van der Waals surface area contributed by atoms with E-state index in [1.165, 1.54) is 58.5 Å². The summed E-state index contributed by atoms with van der Waals surface area (Å²) in [7, 11) is 0. The fourth-order valence-electron chi connectivity index (χ4n) is 5.85. The van der Waals surface area contributed by atoms with Crippen LogP contribution < -0.4 is 4.90 Å². The van der Waals surface area contributed by atoms with E-state index in [1.807, 2.05) is 11.3 Å². The van der Waals surface area contributed by atoms with Gasteiger partial charge in [-0.2, -0.15) is 0 Å². The molecule has 1 aromatic heterocycles. The van der Waals surface area contributed by atoms with E-state index in [2.05, 4.69) is 157 Å². The fraction of sp³-hybridized carbons (Fsp3) is 0. The van der Waals surface area contributed by atoms with Gasteiger partial charge in [0.2, 0.25) is 0 Å². The predicted octanol–water partition coefficient (Wildman–Crippen LogP) is 11.5. The lowest BCUT2D eigenvalue weighted by atomic mass is 10.0. The van der Waals surface area contributed by atoms with Gasteiger partial charge in [0.25, 0.3) is 0 Å². The Hall–Kier alpha value is -4.92. The van der Waals surface area contributed by atoms with Crippen molar-refractivity contribution in [2.45, 2.75) is 0 Å². The van der Waals surface area contributed by atoms with Gasteiger partial charge in [-0.1, -0.05) is 97.1 Å². The second-order valence-electron chi connectivity index (χ2n) is 10.2. The van der Waals surface area contributed by atoms with Crippen molar-refractivity contribution >= 4 is 70.1 Å². The smallest absolute Gasteiger partial charge is 0.0540 e. The third kappa shape index (κ3) is 3.85. The number of benzene rings is 7. The summed E-state index contributed by atoms with van der Waals surface area (Å²) in [4.78, 5) is 2.38. The molecule has 0 saturated carbocycles. The van der Waals surface area contributed by atoms with Crippen LogP contribution in [-0.2, 0) is 0 Å². The summed E-state index contributed by atoms with van der Waals surface area (Å²) in [6.07, 6.45) is 0. The van der Waals surface area contributed by atoms with Gasteiger partial charge >= 0.3 is 0 Å². The molecule has 8 rings (SSSR count). The standard InChI is InChI=1S/C38H25NS/c1-2-12-31(13-3-1)39(32-21-19-27(20-22-32)29-18-17-26-9-4-5-10-28(26)23-29)36-15-8-11-30-24-38-35(25-34(30)36)33-14-6-7-16-37(33)40-38/h1-25H. The predicted molar refractivity (Wildman–Crippen MR) is 174 cm³/mol. The molecule has 2 heteroatoms. The quantitative estimate of drug-likeness (QED) is 0.220. The first-order valence-electron chi connectivity index (χ1n) is 13.6. The molecule has 1 heterocycles. The van der Waals surface area contributed by atoms with E-state index in [0.717, 1.165) is 11.4 Å². The minimum absolute atomic E-state index is 1.14. The second kappa shape index (κ2) is 9.37. The van der Waals surface area contributed by atoms with Crippen LogP contribution >= 0.6 is 11.3 Å². The van der Waals surface area contributed by atoms with Crippen molar-refractivity contribution in [1.82, 2.24) is 0 Å². The highest BCUT2D eigenvalue weighted by atomic mass is 32.1. The minimum Gasteiger partial charge on any atom is -0.310 e. The third-order valence-electron chi connectivity index (χ3n) is 7.82. The van der Waals surface area contributed by atoms with Gasteiger partial charge in [0.05, 0.1) is 5.69 Å². The molecule has 0 aliphatic heterocycles. The molecule has 0 unspecified atom stereocenters. The maximum Gasteiger partial charge on any atom is 0.0540 e. The van der Waals surface area contributed by atoms with Gasteiger partial charge in [0, 0.05) is 36.9 Å². The molecular formula is C38H25NS. The van der Waals surface area contributed by atoms with Crippen LogP contribution in [0.25, 0.3) is 52.8 Å². The van der Waals surface area contributed by atoms with Gasteiger partial charge in [-0.15, -0.1) is 11.3 Å². The summed E-state index contributed by atoms with van der Waals surface area (Å²) >= 11 is 1.87. The highest BCUT2D eigenvalue weighted by Crippen LogP contribution is 2.43. The summed E-state index contributed by atoms with van der Waals surface area (Å²) in [6.45, 7) is 0. The second-order valence-corrected chi connectivity index (χ2v) is 11.3. The Bertz CT molecular complexity index is 2160. The van der Waals surface area contributed by atoms with Gasteiger partial charge in [-0.3, -0.25) is 0 Å². The van der Waals surface area contributed by atoms with Crippen molar-refractivity contribution in [2.24, 2.45) is 0 Å². The van der Waals surface area contributed by atoms with E-state index < -0.39 is 0 Å². The van der Waals surface area contributed by atoms with E-state index in [-0.39, 0.29) is 0 Å². The summed E-state index contributed by atoms with van der Waals surface area (Å²) in [6, 6.07) is 55.0. The average molecular weight is 528 g/mol. The normalized spacial score (nSPS) is 11.5. The van der Waals surface area contributed by atoms with Gasteiger partial charge in [-0.25, -0.2) is 0 Å². The van der Waals surface area contributed by atoms with Crippen LogP contribution in [0.15, 0.2) is 152 Å². The highest BCUT2D eigenvalue weighted by Gasteiger charge is 2.17. The van der Waals surface area contributed by atoms with Crippen LogP contribution in [0.1, 0.15) is 0 Å². The zero-order valence-electron chi connectivity index (χ0n) is 21.8. The van der Waals surface area contributed by atoms with Crippen molar-refractivity contribution in [3.63, 3.8) is 0 Å². The third-order valence-corrected chi connectivity index (χ3v) is 8.95. The molecule has 0 N–H and O–H groups in total. The molecule has 40 heavy (non-hydrogen) atoms. The van der Waals surface area contributed by atoms with Crippen molar-refractivity contribution in [3.05, 3.63) is 152 Å². The first-order valence-corrected chi connectivity index (χ1v) is 14.4. The van der Waals surface area contributed by atoms with E-state index >= 15 is 0 Å². The Balaban J connectivity index is 1.29. The average Bonchev–Trinajstić information content (AvgIpc) is 3.38. The molecule has 0 aliphatic rings. The molecule has 7 aromatic carbocycles. The van der Waals surface area contributed by atoms with E-state index in [9.17, 15) is 0 Å². The fourth-order valence-corrected chi connectivity index (χ4v) is 6.99. The van der Waals surface area contributed by atoms with Crippen LogP contribution in [-0.4, -0.2) is 0 Å². The van der Waals surface area contributed by atoms with Crippen LogP contribution in [0, 0.1) is 0 Å². The largest absolute Gasteiger partial charge is 0.310 e. The molecule has 0 atom stereocenters. The number of fused-ring (bicyclic) bond motifs is 5. The first kappa shape index (κ1) is 23.0. The monoisotopic (exact) mass is 527 g/mol. The molecule has 0 bridgehead atoms. The van der Waals surface area contributed by atoms with Crippen LogP contribution in [0.4, 0.5) is 17.1 Å². The lowest BCUT2D eigenvalue weighted by molar-refractivity contribution is 1.30. The lowest BCUT2D eigenvalue weighted by Crippen LogP contribution is -2.10. The van der Waals surface area contributed by atoms with Crippen LogP contribution in [0.3, 0.4) is 0 Å². The van der Waals surface area contributed by atoms with Crippen molar-refractivity contribution in [2.75, 3.05) is 4.90 Å². The Morgan fingerprint density at radius 1 is 0.375 bits per heavy atom. The minimum atomic E-state index is 1.14. The molecular weight excluding hydrogens is 502 g/mol. The molecule has 0 fully saturated rings. The maximum atomic E-state index is 2.39. The van der Waals surface area contributed by atoms with Crippen molar-refractivity contribution in [3.8, 4) is 11.1 Å². The molecule has 0 saturated heterocycles. The molecule has 8 aromatic rings. The number of hydrogen-bond donors (Lipinski definition) is 0. The van der Waals surface area contributed by atoms with Crippen LogP contribution in [0.2, 0.25) is 0 Å². The topological polar surface area (TPSA) is 3.24 Å². The summed E-state index contributed by atoms with van der Waals surface area (Å²) in [5.41, 5.74) is 5.90. The molecule has 0 aliphatic carbocycles. The molecule has 0 amide bonds. The Morgan fingerprint density at radius 3 is 1.95 bits per heavy atom. The van der Waals surface area contributed by atoms with E-state index in [4.69, 9.17) is 0 Å². The zero-order chi connectivity index (χ0) is 26.5. The molecule has 0 spiro atoms. The molecule has 188 valence electrons. The van der Waals surface area contributed by atoms with Gasteiger partial charge in [0.1, 0.15) is 0 Å². The number of para-hydroxylation sites is 1. The number of rotatable bonds is 4. The SMILES string of the molecule is c1ccc(N(c2ccc(-c3ccc4ccccc4c3)cc2)c2cccc3cc4sc5ccccc5c4cc23)cc1. The molecule has 1 nitrogen and oxygen atoms in total. The van der Waals surface area contributed by atoms with Crippen LogP contribution in [0.5, 0.6) is 0 Å². The maximum absolute atomic E-state index is 2.39. The number of hydrogen-bond acceptors (Lipinski definition) is 2. The van der Waals surface area contributed by atoms with Gasteiger partial charge in [0.15, 0.2) is 0 Å². The summed E-state index contributed by atoms with van der Waals surface area (Å²) in [5.74, 6) is 0. The van der Waals surface area contributed by atoms with Gasteiger partial charge < -0.3 is 4.90 Å². The summed E-state index contributed by atoms with van der Waals surface area (Å²) in [5, 5.41) is 7.68. The number of anilines is 3. The zero-order valence-corrected chi connectivity index (χ0v) is 22.6. The Labute approximate surface area is 237 Å². The highest BCUT2D eigenvalue weighted by molar-refractivity contribution is 7.25. The van der Waals surface area contributed by atoms with E-state index in [1.54, 1.807) is 0 Å².